The number of hydrogen-bond donors (Lipinski definition) is 2. The molecule has 132 valence electrons. The molecule has 2 N–H and O–H groups in total. The highest BCUT2D eigenvalue weighted by Gasteiger charge is 2.02. The fourth-order valence-electron chi connectivity index (χ4n) is 2.25. The Kier molecular flexibility index (Phi) is 9.97. The molecular formula is C18H27IN4S. The number of aliphatic imine (C=N–C) groups is 1. The Hall–Kier alpha value is -1.12. The van der Waals surface area contributed by atoms with Crippen molar-refractivity contribution in [1.29, 1.82) is 0 Å². The maximum atomic E-state index is 4.28. The molecule has 1 aromatic carbocycles. The molecular weight excluding hydrogens is 431 g/mol. The Morgan fingerprint density at radius 2 is 1.83 bits per heavy atom. The Morgan fingerprint density at radius 1 is 1.12 bits per heavy atom. The summed E-state index contributed by atoms with van der Waals surface area (Å²) in [4.78, 5) is 6.58. The predicted octanol–water partition coefficient (Wildman–Crippen LogP) is 3.68. The molecule has 0 spiro atoms. The number of thiophene rings is 1. The van der Waals surface area contributed by atoms with E-state index in [0.29, 0.717) is 0 Å². The summed E-state index contributed by atoms with van der Waals surface area (Å²) in [6, 6.07) is 10.8. The SMILES string of the molecule is CCN(C)Cc1cccc(CNC(=NC)NCc2ccsc2)c1.I. The first kappa shape index (κ1) is 20.9. The van der Waals surface area contributed by atoms with Crippen molar-refractivity contribution in [1.82, 2.24) is 15.5 Å². The van der Waals surface area contributed by atoms with Gasteiger partial charge in [0.15, 0.2) is 5.96 Å². The van der Waals surface area contributed by atoms with Crippen LogP contribution in [0.15, 0.2) is 46.1 Å². The van der Waals surface area contributed by atoms with E-state index in [1.165, 1.54) is 16.7 Å². The molecule has 0 bridgehead atoms. The van der Waals surface area contributed by atoms with E-state index in [9.17, 15) is 0 Å². The normalized spacial score (nSPS) is 11.2. The van der Waals surface area contributed by atoms with Crippen LogP contribution < -0.4 is 10.6 Å². The minimum atomic E-state index is 0. The highest BCUT2D eigenvalue weighted by atomic mass is 127. The largest absolute Gasteiger partial charge is 0.352 e. The van der Waals surface area contributed by atoms with Crippen molar-refractivity contribution in [3.63, 3.8) is 0 Å². The predicted molar refractivity (Wildman–Crippen MR) is 115 cm³/mol. The monoisotopic (exact) mass is 458 g/mol. The minimum absolute atomic E-state index is 0. The second kappa shape index (κ2) is 11.4. The summed E-state index contributed by atoms with van der Waals surface area (Å²) in [6.45, 7) is 5.78. The Labute approximate surface area is 166 Å². The van der Waals surface area contributed by atoms with Gasteiger partial charge >= 0.3 is 0 Å². The number of benzene rings is 1. The maximum absolute atomic E-state index is 4.28. The van der Waals surface area contributed by atoms with Crippen LogP contribution in [0.3, 0.4) is 0 Å². The summed E-state index contributed by atoms with van der Waals surface area (Å²) in [5.74, 6) is 0.826. The zero-order valence-corrected chi connectivity index (χ0v) is 17.7. The second-order valence-corrected chi connectivity index (χ2v) is 6.34. The number of halogens is 1. The number of guanidine groups is 1. The van der Waals surface area contributed by atoms with Gasteiger partial charge in [0, 0.05) is 26.7 Å². The summed E-state index contributed by atoms with van der Waals surface area (Å²) in [5.41, 5.74) is 3.89. The van der Waals surface area contributed by atoms with E-state index < -0.39 is 0 Å². The van der Waals surface area contributed by atoms with Gasteiger partial charge in [0.1, 0.15) is 0 Å². The minimum Gasteiger partial charge on any atom is -0.352 e. The number of nitrogens with one attached hydrogen (secondary N) is 2. The second-order valence-electron chi connectivity index (χ2n) is 5.56. The highest BCUT2D eigenvalue weighted by molar-refractivity contribution is 14.0. The summed E-state index contributed by atoms with van der Waals surface area (Å²) in [6.07, 6.45) is 0. The molecule has 0 aliphatic carbocycles. The quantitative estimate of drug-likeness (QED) is 0.378. The molecule has 0 radical (unpaired) electrons. The summed E-state index contributed by atoms with van der Waals surface area (Å²) in [5, 5.41) is 10.9. The van der Waals surface area contributed by atoms with Crippen LogP contribution >= 0.6 is 35.3 Å². The Balaban J connectivity index is 0.00000288. The molecule has 0 fully saturated rings. The van der Waals surface area contributed by atoms with Gasteiger partial charge in [0.2, 0.25) is 0 Å². The van der Waals surface area contributed by atoms with Crippen LogP contribution in [0.5, 0.6) is 0 Å². The smallest absolute Gasteiger partial charge is 0.191 e. The van der Waals surface area contributed by atoms with E-state index in [4.69, 9.17) is 0 Å². The lowest BCUT2D eigenvalue weighted by atomic mass is 10.1. The third-order valence-corrected chi connectivity index (χ3v) is 4.44. The van der Waals surface area contributed by atoms with Crippen LogP contribution in [0.25, 0.3) is 0 Å². The zero-order chi connectivity index (χ0) is 16.5. The molecule has 6 heteroatoms. The van der Waals surface area contributed by atoms with Gasteiger partial charge in [-0.3, -0.25) is 4.99 Å². The molecule has 0 atom stereocenters. The molecule has 0 amide bonds. The average Bonchev–Trinajstić information content (AvgIpc) is 3.08. The van der Waals surface area contributed by atoms with Crippen molar-refractivity contribution in [3.8, 4) is 0 Å². The van der Waals surface area contributed by atoms with E-state index in [1.54, 1.807) is 18.4 Å². The first-order valence-corrected chi connectivity index (χ1v) is 8.87. The average molecular weight is 458 g/mol. The Bertz CT molecular complexity index is 613. The fourth-order valence-corrected chi connectivity index (χ4v) is 2.92. The topological polar surface area (TPSA) is 39.7 Å². The number of nitrogens with zero attached hydrogens (tertiary/aromatic N) is 2. The summed E-state index contributed by atoms with van der Waals surface area (Å²) >= 11 is 1.71. The van der Waals surface area contributed by atoms with Gasteiger partial charge in [-0.2, -0.15) is 11.3 Å². The molecule has 4 nitrogen and oxygen atoms in total. The van der Waals surface area contributed by atoms with Crippen LogP contribution in [0, 0.1) is 0 Å². The molecule has 0 unspecified atom stereocenters. The van der Waals surface area contributed by atoms with Gasteiger partial charge in [0.05, 0.1) is 0 Å². The lowest BCUT2D eigenvalue weighted by Crippen LogP contribution is -2.36. The lowest BCUT2D eigenvalue weighted by molar-refractivity contribution is 0.345. The fraction of sp³-hybridized carbons (Fsp3) is 0.389. The van der Waals surface area contributed by atoms with E-state index in [0.717, 1.165) is 32.1 Å². The molecule has 0 saturated heterocycles. The molecule has 2 rings (SSSR count). The first-order valence-electron chi connectivity index (χ1n) is 7.93. The van der Waals surface area contributed by atoms with Gasteiger partial charge < -0.3 is 15.5 Å². The number of hydrogen-bond acceptors (Lipinski definition) is 3. The van der Waals surface area contributed by atoms with E-state index in [1.807, 2.05) is 0 Å². The van der Waals surface area contributed by atoms with Crippen molar-refractivity contribution in [3.05, 3.63) is 57.8 Å². The molecule has 2 aromatic rings. The van der Waals surface area contributed by atoms with Gasteiger partial charge in [-0.15, -0.1) is 24.0 Å². The lowest BCUT2D eigenvalue weighted by Gasteiger charge is -2.15. The van der Waals surface area contributed by atoms with Crippen LogP contribution in [0.1, 0.15) is 23.6 Å². The van der Waals surface area contributed by atoms with E-state index >= 15 is 0 Å². The third-order valence-electron chi connectivity index (χ3n) is 3.71. The van der Waals surface area contributed by atoms with Crippen LogP contribution in [-0.4, -0.2) is 31.5 Å². The zero-order valence-electron chi connectivity index (χ0n) is 14.6. The molecule has 24 heavy (non-hydrogen) atoms. The van der Waals surface area contributed by atoms with Gasteiger partial charge in [-0.25, -0.2) is 0 Å². The van der Waals surface area contributed by atoms with Crippen LogP contribution in [0.2, 0.25) is 0 Å². The van der Waals surface area contributed by atoms with Crippen molar-refractivity contribution in [2.75, 3.05) is 20.6 Å². The Morgan fingerprint density at radius 3 is 2.46 bits per heavy atom. The highest BCUT2D eigenvalue weighted by Crippen LogP contribution is 2.08. The summed E-state index contributed by atoms with van der Waals surface area (Å²) in [7, 11) is 3.94. The van der Waals surface area contributed by atoms with Crippen molar-refractivity contribution >= 4 is 41.3 Å². The summed E-state index contributed by atoms with van der Waals surface area (Å²) < 4.78 is 0. The van der Waals surface area contributed by atoms with Gasteiger partial charge in [-0.1, -0.05) is 31.2 Å². The molecule has 1 aromatic heterocycles. The van der Waals surface area contributed by atoms with Crippen molar-refractivity contribution in [2.45, 2.75) is 26.6 Å². The van der Waals surface area contributed by atoms with Crippen molar-refractivity contribution < 1.29 is 0 Å². The first-order chi connectivity index (χ1) is 11.2. The van der Waals surface area contributed by atoms with Gasteiger partial charge in [0.25, 0.3) is 0 Å². The molecule has 0 aliphatic heterocycles. The number of rotatable bonds is 7. The van der Waals surface area contributed by atoms with Crippen molar-refractivity contribution in [2.24, 2.45) is 4.99 Å². The molecule has 1 heterocycles. The standard InChI is InChI=1S/C18H26N4S.HI/c1-4-22(3)13-16-7-5-6-15(10-16)11-20-18(19-2)21-12-17-8-9-23-14-17;/h5-10,14H,4,11-13H2,1-3H3,(H2,19,20,21);1H. The van der Waals surface area contributed by atoms with Crippen LogP contribution in [-0.2, 0) is 19.6 Å². The maximum Gasteiger partial charge on any atom is 0.191 e. The van der Waals surface area contributed by atoms with E-state index in [-0.39, 0.29) is 24.0 Å². The van der Waals surface area contributed by atoms with Gasteiger partial charge in [-0.05, 0) is 47.1 Å². The molecule has 0 aliphatic rings. The van der Waals surface area contributed by atoms with Crippen LogP contribution in [0.4, 0.5) is 0 Å². The molecule has 0 saturated carbocycles. The van der Waals surface area contributed by atoms with E-state index in [2.05, 4.69) is 75.6 Å². The third kappa shape index (κ3) is 7.19.